The van der Waals surface area contributed by atoms with Gasteiger partial charge in [-0.05, 0) is 98.2 Å². The fourth-order valence-corrected chi connectivity index (χ4v) is 8.34. The molecule has 0 aromatic carbocycles. The van der Waals surface area contributed by atoms with Crippen LogP contribution in [0.1, 0.15) is 85.0 Å². The summed E-state index contributed by atoms with van der Waals surface area (Å²) in [4.78, 5) is 0. The van der Waals surface area contributed by atoms with Gasteiger partial charge in [0.15, 0.2) is 0 Å². The zero-order chi connectivity index (χ0) is 21.0. The lowest BCUT2D eigenvalue weighted by Crippen LogP contribution is -2.50. The molecule has 0 spiro atoms. The van der Waals surface area contributed by atoms with Gasteiger partial charge in [-0.25, -0.2) is 8.78 Å². The summed E-state index contributed by atoms with van der Waals surface area (Å²) in [5, 5.41) is 19.1. The highest BCUT2D eigenvalue weighted by atomic mass is 19.3. The van der Waals surface area contributed by atoms with Crippen LogP contribution in [0.3, 0.4) is 0 Å². The maximum absolute atomic E-state index is 13.6. The molecule has 0 radical (unpaired) electrons. The molecule has 4 heteroatoms. The highest BCUT2D eigenvalue weighted by Gasteiger charge is 2.59. The van der Waals surface area contributed by atoms with Crippen molar-refractivity contribution in [2.24, 2.45) is 40.4 Å². The molecule has 0 aromatic rings. The monoisotopic (exact) mass is 410 g/mol. The molecule has 3 saturated carbocycles. The van der Waals surface area contributed by atoms with E-state index < -0.39 is 12.5 Å². The van der Waals surface area contributed by atoms with Crippen LogP contribution in [-0.2, 0) is 0 Å². The number of aliphatic hydroxyl groups excluding tert-OH is 2. The minimum atomic E-state index is -2.93. The van der Waals surface area contributed by atoms with E-state index in [1.165, 1.54) is 31.3 Å². The molecule has 166 valence electrons. The number of alkyl halides is 2. The predicted octanol–water partition coefficient (Wildman–Crippen LogP) is 5.97. The van der Waals surface area contributed by atoms with Crippen LogP contribution < -0.4 is 0 Å². The summed E-state index contributed by atoms with van der Waals surface area (Å²) < 4.78 is 27.2. The van der Waals surface area contributed by atoms with E-state index >= 15 is 0 Å². The quantitative estimate of drug-likeness (QED) is 0.548. The minimum Gasteiger partial charge on any atom is -0.393 e. The van der Waals surface area contributed by atoms with Gasteiger partial charge >= 0.3 is 0 Å². The molecule has 0 aliphatic heterocycles. The van der Waals surface area contributed by atoms with Gasteiger partial charge in [0.2, 0.25) is 0 Å². The molecule has 0 amide bonds. The van der Waals surface area contributed by atoms with Crippen LogP contribution in [0, 0.1) is 40.4 Å². The van der Waals surface area contributed by atoms with E-state index in [1.807, 2.05) is 0 Å². The molecule has 4 aliphatic carbocycles. The Kier molecular flexibility index (Phi) is 5.69. The smallest absolute Gasteiger partial charge is 0.270 e. The molecule has 0 heterocycles. The van der Waals surface area contributed by atoms with E-state index in [1.54, 1.807) is 0 Å². The number of fused-ring (bicyclic) bond motifs is 5. The third-order valence-corrected chi connectivity index (χ3v) is 10.0. The van der Waals surface area contributed by atoms with Gasteiger partial charge in [-0.15, -0.1) is 0 Å². The third kappa shape index (κ3) is 3.60. The molecule has 0 aromatic heterocycles. The Morgan fingerprint density at radius 3 is 2.62 bits per heavy atom. The average molecular weight is 411 g/mol. The van der Waals surface area contributed by atoms with Crippen LogP contribution in [0.2, 0.25) is 0 Å². The summed E-state index contributed by atoms with van der Waals surface area (Å²) in [6, 6.07) is 0. The van der Waals surface area contributed by atoms with E-state index in [0.717, 1.165) is 31.6 Å². The van der Waals surface area contributed by atoms with Gasteiger partial charge in [-0.2, -0.15) is 0 Å². The van der Waals surface area contributed by atoms with Gasteiger partial charge in [-0.1, -0.05) is 32.4 Å². The van der Waals surface area contributed by atoms with E-state index in [4.69, 9.17) is 5.11 Å². The molecule has 8 atom stereocenters. The second-order valence-electron chi connectivity index (χ2n) is 11.4. The molecular weight excluding hydrogens is 370 g/mol. The van der Waals surface area contributed by atoms with Crippen molar-refractivity contribution in [3.63, 3.8) is 0 Å². The molecule has 4 rings (SSSR count). The van der Waals surface area contributed by atoms with Crippen LogP contribution in [0.25, 0.3) is 0 Å². The second-order valence-corrected chi connectivity index (χ2v) is 11.4. The third-order valence-electron chi connectivity index (χ3n) is 10.0. The first-order valence-electron chi connectivity index (χ1n) is 12.0. The average Bonchev–Trinajstić information content (AvgIpc) is 3.04. The SMILES string of the molecule is C[C@H](CCC(F)(F)CO)[C@H]1CCC2C3CC=C4C[C@@H](O)CC[C@]4(C)C3CC[C@@]21C. The highest BCUT2D eigenvalue weighted by Crippen LogP contribution is 2.67. The maximum Gasteiger partial charge on any atom is 0.270 e. The summed E-state index contributed by atoms with van der Waals surface area (Å²) in [5.41, 5.74) is 2.04. The fourth-order valence-electron chi connectivity index (χ4n) is 8.34. The first-order valence-corrected chi connectivity index (χ1v) is 12.0. The molecule has 0 saturated heterocycles. The molecule has 29 heavy (non-hydrogen) atoms. The van der Waals surface area contributed by atoms with Crippen molar-refractivity contribution >= 4 is 0 Å². The largest absolute Gasteiger partial charge is 0.393 e. The van der Waals surface area contributed by atoms with E-state index in [9.17, 15) is 13.9 Å². The Morgan fingerprint density at radius 2 is 1.90 bits per heavy atom. The minimum absolute atomic E-state index is 0.159. The Morgan fingerprint density at radius 1 is 1.14 bits per heavy atom. The summed E-state index contributed by atoms with van der Waals surface area (Å²) in [6.07, 6.45) is 11.5. The van der Waals surface area contributed by atoms with Gasteiger partial charge in [0.1, 0.15) is 6.61 Å². The zero-order valence-corrected chi connectivity index (χ0v) is 18.5. The maximum atomic E-state index is 13.6. The number of halogens is 2. The van der Waals surface area contributed by atoms with Crippen molar-refractivity contribution in [3.05, 3.63) is 11.6 Å². The molecule has 0 bridgehead atoms. The van der Waals surface area contributed by atoms with E-state index in [-0.39, 0.29) is 29.3 Å². The molecule has 3 fully saturated rings. The van der Waals surface area contributed by atoms with Gasteiger partial charge in [-0.3, -0.25) is 0 Å². The number of hydrogen-bond acceptors (Lipinski definition) is 2. The summed E-state index contributed by atoms with van der Waals surface area (Å²) >= 11 is 0. The van der Waals surface area contributed by atoms with Crippen molar-refractivity contribution in [1.29, 1.82) is 0 Å². The molecule has 2 N–H and O–H groups in total. The Hall–Kier alpha value is -0.480. The van der Waals surface area contributed by atoms with Crippen molar-refractivity contribution in [2.75, 3.05) is 6.61 Å². The highest BCUT2D eigenvalue weighted by molar-refractivity contribution is 5.25. The van der Waals surface area contributed by atoms with Crippen molar-refractivity contribution < 1.29 is 19.0 Å². The van der Waals surface area contributed by atoms with Gasteiger partial charge in [0.05, 0.1) is 6.10 Å². The van der Waals surface area contributed by atoms with Gasteiger partial charge in [0.25, 0.3) is 5.92 Å². The second kappa shape index (κ2) is 7.58. The molecule has 4 aliphatic rings. The lowest BCUT2D eigenvalue weighted by Gasteiger charge is -2.58. The normalized spacial score (nSPS) is 45.8. The number of rotatable bonds is 5. The zero-order valence-electron chi connectivity index (χ0n) is 18.5. The summed E-state index contributed by atoms with van der Waals surface area (Å²) in [6.45, 7) is 6.05. The van der Waals surface area contributed by atoms with E-state index in [0.29, 0.717) is 24.2 Å². The fraction of sp³-hybridized carbons (Fsp3) is 0.920. The summed E-state index contributed by atoms with van der Waals surface area (Å²) in [7, 11) is 0. The van der Waals surface area contributed by atoms with Crippen molar-refractivity contribution in [3.8, 4) is 0 Å². The Bertz CT molecular complexity index is 647. The van der Waals surface area contributed by atoms with Gasteiger partial charge in [0, 0.05) is 6.42 Å². The van der Waals surface area contributed by atoms with Crippen molar-refractivity contribution in [2.45, 2.75) is 97.0 Å². The molecular formula is C25H40F2O2. The Labute approximate surface area is 175 Å². The first kappa shape index (κ1) is 21.7. The Balaban J connectivity index is 1.50. The number of hydrogen-bond donors (Lipinski definition) is 2. The standard InChI is InChI=1S/C25H40F2O2/c1-16(8-13-25(26,27)15-28)20-6-7-21-19-5-4-17-14-18(29)9-11-23(17,2)22(19)10-12-24(20,21)3/h4,16,18-22,28-29H,5-15H2,1-3H3/t16-,18+,19?,20-,21?,22?,23+,24-/m1/s1. The molecule has 2 nitrogen and oxygen atoms in total. The summed E-state index contributed by atoms with van der Waals surface area (Å²) in [5.74, 6) is 0.0156. The topological polar surface area (TPSA) is 40.5 Å². The number of allylic oxidation sites excluding steroid dienone is 1. The molecule has 3 unspecified atom stereocenters. The van der Waals surface area contributed by atoms with Crippen LogP contribution in [0.5, 0.6) is 0 Å². The van der Waals surface area contributed by atoms with Crippen LogP contribution >= 0.6 is 0 Å². The number of aliphatic hydroxyl groups is 2. The predicted molar refractivity (Wildman–Crippen MR) is 112 cm³/mol. The van der Waals surface area contributed by atoms with Crippen LogP contribution in [-0.4, -0.2) is 28.8 Å². The van der Waals surface area contributed by atoms with Crippen LogP contribution in [0.4, 0.5) is 8.78 Å². The van der Waals surface area contributed by atoms with E-state index in [2.05, 4.69) is 26.8 Å². The van der Waals surface area contributed by atoms with Crippen LogP contribution in [0.15, 0.2) is 11.6 Å². The van der Waals surface area contributed by atoms with Crippen molar-refractivity contribution in [1.82, 2.24) is 0 Å². The van der Waals surface area contributed by atoms with Gasteiger partial charge < -0.3 is 10.2 Å². The lowest BCUT2D eigenvalue weighted by atomic mass is 9.47. The lowest BCUT2D eigenvalue weighted by molar-refractivity contribution is -0.0720. The first-order chi connectivity index (χ1) is 13.6.